The first kappa shape index (κ1) is 24.8. The van der Waals surface area contributed by atoms with Gasteiger partial charge in [-0.2, -0.15) is 13.2 Å². The molecule has 0 saturated carbocycles. The van der Waals surface area contributed by atoms with Crippen molar-refractivity contribution in [3.63, 3.8) is 0 Å². The molecule has 0 fully saturated rings. The Morgan fingerprint density at radius 2 is 1.97 bits per heavy atom. The summed E-state index contributed by atoms with van der Waals surface area (Å²) in [6, 6.07) is 7.46. The van der Waals surface area contributed by atoms with Crippen molar-refractivity contribution in [3.8, 4) is 5.75 Å². The van der Waals surface area contributed by atoms with Crippen molar-refractivity contribution in [3.05, 3.63) is 53.7 Å². The SMILES string of the molecule is C[C@@H](C(=O)N[C@H]1COc2c(cccc2C(F)(F)F)N(Cc2noc3ccccc23)C1=O)N(C)C(=O)O. The van der Waals surface area contributed by atoms with E-state index in [0.717, 1.165) is 21.9 Å². The molecule has 0 unspecified atom stereocenters. The summed E-state index contributed by atoms with van der Waals surface area (Å²) in [6.45, 7) is 0.427. The average Bonchev–Trinajstić information content (AvgIpc) is 3.20. The maximum atomic E-state index is 13.8. The van der Waals surface area contributed by atoms with Gasteiger partial charge in [0.2, 0.25) is 5.91 Å². The second-order valence-electron chi connectivity index (χ2n) is 8.14. The molecule has 0 bridgehead atoms. The van der Waals surface area contributed by atoms with Gasteiger partial charge in [0.1, 0.15) is 24.4 Å². The number of nitrogens with zero attached hydrogens (tertiary/aromatic N) is 3. The first-order chi connectivity index (χ1) is 17.0. The number of ether oxygens (including phenoxy) is 1. The van der Waals surface area contributed by atoms with Crippen LogP contribution in [0.15, 0.2) is 47.0 Å². The smallest absolute Gasteiger partial charge is 0.420 e. The molecular formula is C23H21F3N4O6. The second kappa shape index (κ2) is 9.40. The van der Waals surface area contributed by atoms with E-state index in [4.69, 9.17) is 14.4 Å². The van der Waals surface area contributed by atoms with Crippen LogP contribution in [-0.2, 0) is 22.3 Å². The van der Waals surface area contributed by atoms with Crippen LogP contribution >= 0.6 is 0 Å². The van der Waals surface area contributed by atoms with Crippen LogP contribution in [0.5, 0.6) is 5.75 Å². The number of halogens is 3. The highest BCUT2D eigenvalue weighted by molar-refractivity contribution is 6.02. The zero-order valence-corrected chi connectivity index (χ0v) is 19.1. The molecule has 190 valence electrons. The summed E-state index contributed by atoms with van der Waals surface area (Å²) in [4.78, 5) is 39.2. The van der Waals surface area contributed by atoms with Crippen molar-refractivity contribution < 1.29 is 41.9 Å². The molecule has 1 aromatic heterocycles. The van der Waals surface area contributed by atoms with Gasteiger partial charge in [-0.15, -0.1) is 0 Å². The van der Waals surface area contributed by atoms with E-state index >= 15 is 0 Å². The van der Waals surface area contributed by atoms with Crippen LogP contribution in [0, 0.1) is 0 Å². The first-order valence-corrected chi connectivity index (χ1v) is 10.7. The normalized spacial score (nSPS) is 16.6. The van der Waals surface area contributed by atoms with Crippen LogP contribution in [0.1, 0.15) is 18.2 Å². The lowest BCUT2D eigenvalue weighted by atomic mass is 10.1. The summed E-state index contributed by atoms with van der Waals surface area (Å²) in [5.41, 5.74) is -0.540. The van der Waals surface area contributed by atoms with Gasteiger partial charge in [-0.1, -0.05) is 23.4 Å². The van der Waals surface area contributed by atoms with Gasteiger partial charge in [0.05, 0.1) is 17.8 Å². The molecule has 2 N–H and O–H groups in total. The summed E-state index contributed by atoms with van der Waals surface area (Å²) in [5, 5.41) is 16.0. The van der Waals surface area contributed by atoms with Crippen LogP contribution < -0.4 is 15.0 Å². The molecule has 4 rings (SSSR count). The highest BCUT2D eigenvalue weighted by atomic mass is 19.4. The predicted octanol–water partition coefficient (Wildman–Crippen LogP) is 3.26. The molecule has 0 spiro atoms. The van der Waals surface area contributed by atoms with E-state index < -0.39 is 54.1 Å². The Morgan fingerprint density at radius 1 is 1.25 bits per heavy atom. The number of aromatic nitrogens is 1. The molecule has 2 heterocycles. The van der Waals surface area contributed by atoms with Crippen molar-refractivity contribution in [1.29, 1.82) is 0 Å². The Hall–Kier alpha value is -4.29. The van der Waals surface area contributed by atoms with Gasteiger partial charge in [0.25, 0.3) is 5.91 Å². The number of likely N-dealkylation sites (N-methyl/N-ethyl adjacent to an activating group) is 1. The van der Waals surface area contributed by atoms with Crippen LogP contribution in [0.3, 0.4) is 0 Å². The number of carbonyl (C=O) groups excluding carboxylic acids is 2. The number of amides is 3. The third kappa shape index (κ3) is 4.63. The number of fused-ring (bicyclic) bond motifs is 2. The molecule has 1 aliphatic rings. The van der Waals surface area contributed by atoms with Crippen molar-refractivity contribution in [2.45, 2.75) is 31.7 Å². The van der Waals surface area contributed by atoms with Crippen molar-refractivity contribution in [1.82, 2.24) is 15.4 Å². The maximum absolute atomic E-state index is 13.8. The largest absolute Gasteiger partial charge is 0.488 e. The van der Waals surface area contributed by atoms with E-state index in [-0.39, 0.29) is 17.9 Å². The molecule has 0 saturated heterocycles. The topological polar surface area (TPSA) is 125 Å². The van der Waals surface area contributed by atoms with Crippen molar-refractivity contribution >= 4 is 34.6 Å². The van der Waals surface area contributed by atoms with Crippen LogP contribution in [0.4, 0.5) is 23.7 Å². The molecule has 0 radical (unpaired) electrons. The highest BCUT2D eigenvalue weighted by Gasteiger charge is 2.41. The number of benzene rings is 2. The third-order valence-electron chi connectivity index (χ3n) is 5.89. The Morgan fingerprint density at radius 3 is 2.67 bits per heavy atom. The van der Waals surface area contributed by atoms with Gasteiger partial charge in [0.15, 0.2) is 11.3 Å². The molecule has 3 amide bonds. The van der Waals surface area contributed by atoms with Gasteiger partial charge in [0, 0.05) is 12.4 Å². The molecule has 2 aromatic carbocycles. The van der Waals surface area contributed by atoms with E-state index in [1.807, 2.05) is 0 Å². The lowest BCUT2D eigenvalue weighted by Crippen LogP contribution is -2.55. The van der Waals surface area contributed by atoms with E-state index in [0.29, 0.717) is 11.0 Å². The lowest BCUT2D eigenvalue weighted by Gasteiger charge is -2.26. The molecule has 0 aliphatic carbocycles. The number of hydrogen-bond acceptors (Lipinski definition) is 6. The fraction of sp³-hybridized carbons (Fsp3) is 0.304. The number of alkyl halides is 3. The van der Waals surface area contributed by atoms with E-state index in [9.17, 15) is 27.6 Å². The monoisotopic (exact) mass is 506 g/mol. The number of hydrogen-bond donors (Lipinski definition) is 2. The minimum absolute atomic E-state index is 0.158. The summed E-state index contributed by atoms with van der Waals surface area (Å²) < 4.78 is 52.0. The molecule has 13 heteroatoms. The fourth-order valence-electron chi connectivity index (χ4n) is 3.76. The number of rotatable bonds is 5. The summed E-state index contributed by atoms with van der Waals surface area (Å²) in [7, 11) is 1.17. The summed E-state index contributed by atoms with van der Waals surface area (Å²) >= 11 is 0. The van der Waals surface area contributed by atoms with E-state index in [1.165, 1.54) is 20.0 Å². The molecule has 2 atom stereocenters. The molecule has 10 nitrogen and oxygen atoms in total. The number of anilines is 1. The van der Waals surface area contributed by atoms with Crippen LogP contribution in [-0.4, -0.2) is 58.8 Å². The van der Waals surface area contributed by atoms with Crippen LogP contribution in [0.2, 0.25) is 0 Å². The molecule has 3 aromatic rings. The van der Waals surface area contributed by atoms with Gasteiger partial charge < -0.3 is 24.6 Å². The van der Waals surface area contributed by atoms with E-state index in [2.05, 4.69) is 10.5 Å². The molecular weight excluding hydrogens is 485 g/mol. The predicted molar refractivity (Wildman–Crippen MR) is 119 cm³/mol. The minimum Gasteiger partial charge on any atom is -0.488 e. The van der Waals surface area contributed by atoms with Crippen molar-refractivity contribution in [2.75, 3.05) is 18.6 Å². The Kier molecular flexibility index (Phi) is 6.48. The Bertz CT molecular complexity index is 1320. The summed E-state index contributed by atoms with van der Waals surface area (Å²) in [6.07, 6.45) is -6.15. The second-order valence-corrected chi connectivity index (χ2v) is 8.14. The Labute approximate surface area is 202 Å². The third-order valence-corrected chi connectivity index (χ3v) is 5.89. The first-order valence-electron chi connectivity index (χ1n) is 10.7. The zero-order chi connectivity index (χ0) is 26.2. The average molecular weight is 506 g/mol. The van der Waals surface area contributed by atoms with E-state index in [1.54, 1.807) is 24.3 Å². The number of carbonyl (C=O) groups is 3. The van der Waals surface area contributed by atoms with Gasteiger partial charge in [-0.25, -0.2) is 4.79 Å². The van der Waals surface area contributed by atoms with Crippen molar-refractivity contribution in [2.24, 2.45) is 0 Å². The van der Waals surface area contributed by atoms with Crippen LogP contribution in [0.25, 0.3) is 11.0 Å². The fourth-order valence-corrected chi connectivity index (χ4v) is 3.76. The molecule has 36 heavy (non-hydrogen) atoms. The summed E-state index contributed by atoms with van der Waals surface area (Å²) in [5.74, 6) is -2.16. The standard InChI is InChI=1S/C23H21F3N4O6/c1-12(29(2)22(33)34)20(31)27-16-11-35-19-14(23(24,25)26)7-5-8-17(19)30(21(16)32)10-15-13-6-3-4-9-18(13)36-28-15/h3-9,12,16H,10-11H2,1-2H3,(H,27,31)(H,33,34)/t12-,16-/m0/s1. The highest BCUT2D eigenvalue weighted by Crippen LogP contribution is 2.43. The minimum atomic E-state index is -4.78. The lowest BCUT2D eigenvalue weighted by molar-refractivity contribution is -0.139. The molecule has 1 aliphatic heterocycles. The van der Waals surface area contributed by atoms with Gasteiger partial charge in [-0.3, -0.25) is 14.5 Å². The van der Waals surface area contributed by atoms with Gasteiger partial charge in [-0.05, 0) is 31.2 Å². The number of carboxylic acid groups (broad SMARTS) is 1. The number of nitrogens with one attached hydrogen (secondary N) is 1. The zero-order valence-electron chi connectivity index (χ0n) is 19.1. The quantitative estimate of drug-likeness (QED) is 0.544. The maximum Gasteiger partial charge on any atom is 0.420 e. The number of para-hydroxylation sites is 2. The Balaban J connectivity index is 1.73. The van der Waals surface area contributed by atoms with Gasteiger partial charge >= 0.3 is 12.3 Å².